The molecule has 0 heterocycles. The van der Waals surface area contributed by atoms with Crippen LogP contribution in [-0.2, 0) is 0 Å². The zero-order valence-electron chi connectivity index (χ0n) is 9.35. The molecule has 0 aliphatic carbocycles. The van der Waals surface area contributed by atoms with E-state index in [0.29, 0.717) is 15.8 Å². The summed E-state index contributed by atoms with van der Waals surface area (Å²) in [6.45, 7) is -0.0732. The van der Waals surface area contributed by atoms with Crippen molar-refractivity contribution in [1.29, 1.82) is 5.41 Å². The molecule has 0 aliphatic rings. The number of nitrogens with one attached hydrogen (secondary N) is 1. The smallest absolute Gasteiger partial charge is 0.389 e. The number of hydrogen-bond donors (Lipinski definition) is 2. The van der Waals surface area contributed by atoms with E-state index in [1.165, 1.54) is 0 Å². The molecule has 0 amide bonds. The number of amidine groups is 1. The Morgan fingerprint density at radius 3 is 2.61 bits per heavy atom. The quantitative estimate of drug-likeness (QED) is 0.495. The van der Waals surface area contributed by atoms with Crippen molar-refractivity contribution in [3.63, 3.8) is 0 Å². The summed E-state index contributed by atoms with van der Waals surface area (Å²) in [6, 6.07) is 4.83. The first-order chi connectivity index (χ1) is 8.29. The fraction of sp³-hybridized carbons (Fsp3) is 0.364. The molecule has 0 saturated heterocycles. The van der Waals surface area contributed by atoms with E-state index in [0.717, 1.165) is 0 Å². The maximum absolute atomic E-state index is 11.9. The molecule has 0 spiro atoms. The van der Waals surface area contributed by atoms with Gasteiger partial charge in [0.15, 0.2) is 0 Å². The largest absolute Gasteiger partial charge is 0.493 e. The Labute approximate surface area is 111 Å². The van der Waals surface area contributed by atoms with E-state index in [-0.39, 0.29) is 18.9 Å². The molecule has 0 fully saturated rings. The summed E-state index contributed by atoms with van der Waals surface area (Å²) < 4.78 is 41.7. The minimum atomic E-state index is -4.18. The number of nitrogens with two attached hydrogens (primary N) is 1. The van der Waals surface area contributed by atoms with Crippen LogP contribution in [0.3, 0.4) is 0 Å². The highest BCUT2D eigenvalue weighted by atomic mass is 79.9. The van der Waals surface area contributed by atoms with Crippen molar-refractivity contribution in [1.82, 2.24) is 0 Å². The molecule has 7 heteroatoms. The summed E-state index contributed by atoms with van der Waals surface area (Å²) in [4.78, 5) is 0. The summed E-state index contributed by atoms with van der Waals surface area (Å²) in [5, 5.41) is 7.33. The van der Waals surface area contributed by atoms with Gasteiger partial charge in [-0.15, -0.1) is 0 Å². The predicted molar refractivity (Wildman–Crippen MR) is 65.9 cm³/mol. The van der Waals surface area contributed by atoms with Gasteiger partial charge in [0.05, 0.1) is 12.2 Å². The Kier molecular flexibility index (Phi) is 5.01. The Hall–Kier alpha value is -1.24. The molecule has 0 aromatic heterocycles. The maximum atomic E-state index is 11.9. The summed E-state index contributed by atoms with van der Waals surface area (Å²) in [5.74, 6) is 0.118. The van der Waals surface area contributed by atoms with Crippen molar-refractivity contribution in [3.8, 4) is 5.75 Å². The van der Waals surface area contributed by atoms with Gasteiger partial charge < -0.3 is 10.5 Å². The lowest BCUT2D eigenvalue weighted by molar-refractivity contribution is -0.136. The fourth-order valence-corrected chi connectivity index (χ4v) is 1.63. The third-order valence-corrected chi connectivity index (χ3v) is 2.59. The SMILES string of the molecule is N=C(N)c1ccc(Br)cc1OCCCC(F)(F)F. The first-order valence-corrected chi connectivity index (χ1v) is 5.92. The molecular formula is C11H12BrF3N2O. The molecule has 0 aliphatic heterocycles. The van der Waals surface area contributed by atoms with Gasteiger partial charge in [0, 0.05) is 10.9 Å². The highest BCUT2D eigenvalue weighted by molar-refractivity contribution is 9.10. The van der Waals surface area contributed by atoms with Gasteiger partial charge in [0.1, 0.15) is 11.6 Å². The molecular weight excluding hydrogens is 313 g/mol. The van der Waals surface area contributed by atoms with Crippen LogP contribution in [0.1, 0.15) is 18.4 Å². The second kappa shape index (κ2) is 6.08. The van der Waals surface area contributed by atoms with Gasteiger partial charge in [-0.05, 0) is 24.6 Å². The number of rotatable bonds is 5. The van der Waals surface area contributed by atoms with Gasteiger partial charge in [-0.25, -0.2) is 0 Å². The first-order valence-electron chi connectivity index (χ1n) is 5.13. The number of ether oxygens (including phenoxy) is 1. The van der Waals surface area contributed by atoms with Gasteiger partial charge in [0.2, 0.25) is 0 Å². The van der Waals surface area contributed by atoms with Crippen molar-refractivity contribution in [2.24, 2.45) is 5.73 Å². The average Bonchev–Trinajstić information content (AvgIpc) is 2.22. The van der Waals surface area contributed by atoms with E-state index >= 15 is 0 Å². The van der Waals surface area contributed by atoms with Crippen molar-refractivity contribution in [2.45, 2.75) is 19.0 Å². The Morgan fingerprint density at radius 2 is 2.06 bits per heavy atom. The topological polar surface area (TPSA) is 59.1 Å². The molecule has 18 heavy (non-hydrogen) atoms. The van der Waals surface area contributed by atoms with E-state index in [2.05, 4.69) is 15.9 Å². The minimum absolute atomic E-state index is 0.0732. The van der Waals surface area contributed by atoms with Crippen LogP contribution in [0.15, 0.2) is 22.7 Å². The van der Waals surface area contributed by atoms with Gasteiger partial charge in [-0.1, -0.05) is 15.9 Å². The molecule has 0 saturated carbocycles. The van der Waals surface area contributed by atoms with Crippen LogP contribution in [0, 0.1) is 5.41 Å². The van der Waals surface area contributed by atoms with Crippen molar-refractivity contribution < 1.29 is 17.9 Å². The summed E-state index contributed by atoms with van der Waals surface area (Å²) in [6.07, 6.45) is -5.20. The summed E-state index contributed by atoms with van der Waals surface area (Å²) in [5.41, 5.74) is 5.71. The highest BCUT2D eigenvalue weighted by Crippen LogP contribution is 2.25. The molecule has 0 bridgehead atoms. The first kappa shape index (κ1) is 14.8. The number of alkyl halides is 3. The maximum Gasteiger partial charge on any atom is 0.389 e. The van der Waals surface area contributed by atoms with E-state index in [4.69, 9.17) is 15.9 Å². The molecule has 3 N–H and O–H groups in total. The average molecular weight is 325 g/mol. The van der Waals surface area contributed by atoms with Crippen LogP contribution in [0.2, 0.25) is 0 Å². The van der Waals surface area contributed by atoms with Crippen LogP contribution in [0.5, 0.6) is 5.75 Å². The highest BCUT2D eigenvalue weighted by Gasteiger charge is 2.26. The third kappa shape index (κ3) is 4.95. The number of hydrogen-bond acceptors (Lipinski definition) is 2. The summed E-state index contributed by atoms with van der Waals surface area (Å²) >= 11 is 3.21. The monoisotopic (exact) mass is 324 g/mol. The molecule has 0 unspecified atom stereocenters. The normalized spacial score (nSPS) is 11.3. The lowest BCUT2D eigenvalue weighted by atomic mass is 10.2. The molecule has 0 radical (unpaired) electrons. The van der Waals surface area contributed by atoms with Crippen molar-refractivity contribution in [2.75, 3.05) is 6.61 Å². The fourth-order valence-electron chi connectivity index (χ4n) is 1.29. The van der Waals surface area contributed by atoms with Gasteiger partial charge in [0.25, 0.3) is 0 Å². The Balaban J connectivity index is 2.61. The van der Waals surface area contributed by atoms with E-state index in [1.54, 1.807) is 18.2 Å². The lowest BCUT2D eigenvalue weighted by Gasteiger charge is -2.11. The molecule has 3 nitrogen and oxygen atoms in total. The van der Waals surface area contributed by atoms with Gasteiger partial charge >= 0.3 is 6.18 Å². The van der Waals surface area contributed by atoms with Gasteiger partial charge in [-0.3, -0.25) is 5.41 Å². The second-order valence-electron chi connectivity index (χ2n) is 3.62. The van der Waals surface area contributed by atoms with Crippen LogP contribution in [0.4, 0.5) is 13.2 Å². The predicted octanol–water partition coefficient (Wildman–Crippen LogP) is 3.45. The van der Waals surface area contributed by atoms with Crippen molar-refractivity contribution >= 4 is 21.8 Å². The molecule has 1 aromatic carbocycles. The van der Waals surface area contributed by atoms with Crippen molar-refractivity contribution in [3.05, 3.63) is 28.2 Å². The minimum Gasteiger partial charge on any atom is -0.493 e. The Bertz CT molecular complexity index is 435. The zero-order valence-corrected chi connectivity index (χ0v) is 10.9. The molecule has 1 aromatic rings. The lowest BCUT2D eigenvalue weighted by Crippen LogP contribution is -2.14. The van der Waals surface area contributed by atoms with Crippen LogP contribution >= 0.6 is 15.9 Å². The van der Waals surface area contributed by atoms with E-state index < -0.39 is 12.6 Å². The standard InChI is InChI=1S/C11H12BrF3N2O/c12-7-2-3-8(10(16)17)9(6-7)18-5-1-4-11(13,14)15/h2-3,6H,1,4-5H2,(H3,16,17). The molecule has 100 valence electrons. The van der Waals surface area contributed by atoms with Crippen LogP contribution < -0.4 is 10.5 Å². The van der Waals surface area contributed by atoms with E-state index in [9.17, 15) is 13.2 Å². The van der Waals surface area contributed by atoms with E-state index in [1.807, 2.05) is 0 Å². The van der Waals surface area contributed by atoms with Crippen LogP contribution in [0.25, 0.3) is 0 Å². The van der Waals surface area contributed by atoms with Gasteiger partial charge in [-0.2, -0.15) is 13.2 Å². The number of nitrogen functional groups attached to an aromatic ring is 1. The Morgan fingerprint density at radius 1 is 1.39 bits per heavy atom. The zero-order chi connectivity index (χ0) is 13.8. The van der Waals surface area contributed by atoms with Crippen LogP contribution in [-0.4, -0.2) is 18.6 Å². The number of benzene rings is 1. The molecule has 0 atom stereocenters. The number of halogens is 4. The second-order valence-corrected chi connectivity index (χ2v) is 4.54. The summed E-state index contributed by atoms with van der Waals surface area (Å²) in [7, 11) is 0. The molecule has 1 rings (SSSR count). The third-order valence-electron chi connectivity index (χ3n) is 2.10.